The van der Waals surface area contributed by atoms with Crippen molar-refractivity contribution in [3.8, 4) is 28.7 Å². The minimum Gasteiger partial charge on any atom is -0.494 e. The van der Waals surface area contributed by atoms with Gasteiger partial charge in [-0.1, -0.05) is 6.92 Å². The minimum atomic E-state index is 0.344. The molecular formula is C20H24N4O3. The summed E-state index contributed by atoms with van der Waals surface area (Å²) in [6.45, 7) is 5.07. The molecule has 0 bridgehead atoms. The maximum Gasteiger partial charge on any atom is 0.213 e. The first-order chi connectivity index (χ1) is 13.2. The van der Waals surface area contributed by atoms with Crippen LogP contribution in [0, 0.1) is 0 Å². The van der Waals surface area contributed by atoms with E-state index in [1.165, 1.54) is 0 Å². The van der Waals surface area contributed by atoms with Crippen LogP contribution in [0.5, 0.6) is 11.6 Å². The molecule has 0 aliphatic carbocycles. The van der Waals surface area contributed by atoms with Gasteiger partial charge in [-0.2, -0.15) is 0 Å². The fourth-order valence-corrected chi connectivity index (χ4v) is 2.91. The molecule has 3 aromatic rings. The van der Waals surface area contributed by atoms with E-state index < -0.39 is 0 Å². The number of benzene rings is 1. The van der Waals surface area contributed by atoms with E-state index in [4.69, 9.17) is 14.2 Å². The molecule has 3 rings (SSSR count). The predicted octanol–water partition coefficient (Wildman–Crippen LogP) is 3.45. The SMILES string of the molecule is CCOc1ccc(-c2nnc(COC)n2-c2ccc(OC)nc2)cc1CC. The molecule has 0 amide bonds. The summed E-state index contributed by atoms with van der Waals surface area (Å²) in [6.07, 6.45) is 2.60. The van der Waals surface area contributed by atoms with Crippen LogP contribution in [0.4, 0.5) is 0 Å². The number of ether oxygens (including phenoxy) is 3. The normalized spacial score (nSPS) is 10.8. The molecule has 0 fully saturated rings. The lowest BCUT2D eigenvalue weighted by Crippen LogP contribution is -2.05. The van der Waals surface area contributed by atoms with Gasteiger partial charge in [0.05, 0.1) is 25.6 Å². The zero-order chi connectivity index (χ0) is 19.2. The first kappa shape index (κ1) is 18.8. The lowest BCUT2D eigenvalue weighted by atomic mass is 10.1. The molecule has 1 aromatic carbocycles. The monoisotopic (exact) mass is 368 g/mol. The van der Waals surface area contributed by atoms with Gasteiger partial charge in [-0.05, 0) is 43.2 Å². The largest absolute Gasteiger partial charge is 0.494 e. The maximum absolute atomic E-state index is 5.72. The molecule has 0 unspecified atom stereocenters. The Balaban J connectivity index is 2.10. The van der Waals surface area contributed by atoms with Crippen molar-refractivity contribution < 1.29 is 14.2 Å². The van der Waals surface area contributed by atoms with Gasteiger partial charge in [-0.3, -0.25) is 4.57 Å². The maximum atomic E-state index is 5.72. The van der Waals surface area contributed by atoms with E-state index >= 15 is 0 Å². The molecular weight excluding hydrogens is 344 g/mol. The highest BCUT2D eigenvalue weighted by Crippen LogP contribution is 2.29. The van der Waals surface area contributed by atoms with E-state index in [-0.39, 0.29) is 0 Å². The van der Waals surface area contributed by atoms with E-state index in [0.717, 1.165) is 34.8 Å². The van der Waals surface area contributed by atoms with Crippen molar-refractivity contribution in [2.75, 3.05) is 20.8 Å². The third kappa shape index (κ3) is 3.93. The first-order valence-corrected chi connectivity index (χ1v) is 8.91. The van der Waals surface area contributed by atoms with Gasteiger partial charge in [-0.15, -0.1) is 10.2 Å². The number of hydrogen-bond acceptors (Lipinski definition) is 6. The number of rotatable bonds is 8. The van der Waals surface area contributed by atoms with Gasteiger partial charge in [0.2, 0.25) is 5.88 Å². The number of nitrogens with zero attached hydrogens (tertiary/aromatic N) is 4. The van der Waals surface area contributed by atoms with Crippen molar-refractivity contribution in [3.05, 3.63) is 47.9 Å². The van der Waals surface area contributed by atoms with Gasteiger partial charge in [0.15, 0.2) is 11.6 Å². The number of hydrogen-bond donors (Lipinski definition) is 0. The number of pyridine rings is 1. The van der Waals surface area contributed by atoms with Gasteiger partial charge >= 0.3 is 0 Å². The fourth-order valence-electron chi connectivity index (χ4n) is 2.91. The zero-order valence-corrected chi connectivity index (χ0v) is 16.1. The Bertz CT molecular complexity index is 891. The van der Waals surface area contributed by atoms with Gasteiger partial charge in [-0.25, -0.2) is 4.98 Å². The van der Waals surface area contributed by atoms with Gasteiger partial charge < -0.3 is 14.2 Å². The lowest BCUT2D eigenvalue weighted by molar-refractivity contribution is 0.176. The Labute approximate surface area is 158 Å². The standard InChI is InChI=1S/C20H24N4O3/c1-5-14-11-15(7-9-17(14)27-6-2)20-23-22-18(13-25-3)24(20)16-8-10-19(26-4)21-12-16/h7-12H,5-6,13H2,1-4H3. The molecule has 2 heterocycles. The highest BCUT2D eigenvalue weighted by Gasteiger charge is 2.17. The Kier molecular flexibility index (Phi) is 6.03. The summed E-state index contributed by atoms with van der Waals surface area (Å²) >= 11 is 0. The Morgan fingerprint density at radius 1 is 1.04 bits per heavy atom. The molecule has 0 atom stereocenters. The molecule has 2 aromatic heterocycles. The lowest BCUT2D eigenvalue weighted by Gasteiger charge is -2.13. The molecule has 0 N–H and O–H groups in total. The van der Waals surface area contributed by atoms with Crippen LogP contribution < -0.4 is 9.47 Å². The molecule has 7 nitrogen and oxygen atoms in total. The molecule has 27 heavy (non-hydrogen) atoms. The second-order valence-electron chi connectivity index (χ2n) is 5.88. The summed E-state index contributed by atoms with van der Waals surface area (Å²) in [6, 6.07) is 9.81. The van der Waals surface area contributed by atoms with Crippen molar-refractivity contribution in [3.63, 3.8) is 0 Å². The highest BCUT2D eigenvalue weighted by molar-refractivity contribution is 5.61. The third-order valence-electron chi connectivity index (χ3n) is 4.19. The van der Waals surface area contributed by atoms with Crippen molar-refractivity contribution in [2.24, 2.45) is 0 Å². The number of aromatic nitrogens is 4. The summed E-state index contributed by atoms with van der Waals surface area (Å²) in [5, 5.41) is 8.72. The average Bonchev–Trinajstić information content (AvgIpc) is 3.12. The smallest absolute Gasteiger partial charge is 0.213 e. The molecule has 0 radical (unpaired) electrons. The van der Waals surface area contributed by atoms with Crippen LogP contribution in [-0.4, -0.2) is 40.6 Å². The van der Waals surface area contributed by atoms with Gasteiger partial charge in [0, 0.05) is 18.7 Å². The molecule has 0 spiro atoms. The molecule has 142 valence electrons. The minimum absolute atomic E-state index is 0.344. The highest BCUT2D eigenvalue weighted by atomic mass is 16.5. The van der Waals surface area contributed by atoms with Gasteiger partial charge in [0.1, 0.15) is 12.4 Å². The molecule has 0 saturated carbocycles. The van der Waals surface area contributed by atoms with E-state index in [0.29, 0.717) is 24.9 Å². The quantitative estimate of drug-likeness (QED) is 0.606. The Morgan fingerprint density at radius 3 is 2.52 bits per heavy atom. The van der Waals surface area contributed by atoms with Crippen molar-refractivity contribution in [2.45, 2.75) is 26.9 Å². The van der Waals surface area contributed by atoms with Crippen molar-refractivity contribution in [1.29, 1.82) is 0 Å². The molecule has 0 aliphatic heterocycles. The first-order valence-electron chi connectivity index (χ1n) is 8.91. The van der Waals surface area contributed by atoms with Crippen LogP contribution in [0.25, 0.3) is 17.1 Å². The number of methoxy groups -OCH3 is 2. The van der Waals surface area contributed by atoms with Crippen LogP contribution in [0.3, 0.4) is 0 Å². The fraction of sp³-hybridized carbons (Fsp3) is 0.350. The summed E-state index contributed by atoms with van der Waals surface area (Å²) in [4.78, 5) is 4.30. The Hall–Kier alpha value is -2.93. The van der Waals surface area contributed by atoms with Crippen LogP contribution >= 0.6 is 0 Å². The predicted molar refractivity (Wildman–Crippen MR) is 102 cm³/mol. The summed E-state index contributed by atoms with van der Waals surface area (Å²) in [7, 11) is 3.23. The van der Waals surface area contributed by atoms with Crippen LogP contribution in [0.2, 0.25) is 0 Å². The second-order valence-corrected chi connectivity index (χ2v) is 5.88. The zero-order valence-electron chi connectivity index (χ0n) is 16.1. The van der Waals surface area contributed by atoms with E-state index in [1.54, 1.807) is 20.4 Å². The van der Waals surface area contributed by atoms with Crippen LogP contribution in [0.1, 0.15) is 25.2 Å². The third-order valence-corrected chi connectivity index (χ3v) is 4.19. The van der Waals surface area contributed by atoms with Gasteiger partial charge in [0.25, 0.3) is 0 Å². The average molecular weight is 368 g/mol. The van der Waals surface area contributed by atoms with Crippen LogP contribution in [0.15, 0.2) is 36.5 Å². The van der Waals surface area contributed by atoms with E-state index in [1.807, 2.05) is 35.8 Å². The van der Waals surface area contributed by atoms with E-state index in [2.05, 4.69) is 28.2 Å². The molecule has 0 aliphatic rings. The second kappa shape index (κ2) is 8.64. The Morgan fingerprint density at radius 2 is 1.89 bits per heavy atom. The van der Waals surface area contributed by atoms with Crippen LogP contribution in [-0.2, 0) is 17.8 Å². The van der Waals surface area contributed by atoms with Crippen molar-refractivity contribution in [1.82, 2.24) is 19.7 Å². The van der Waals surface area contributed by atoms with Crippen molar-refractivity contribution >= 4 is 0 Å². The molecule has 7 heteroatoms. The summed E-state index contributed by atoms with van der Waals surface area (Å²) in [5.41, 5.74) is 2.93. The topological polar surface area (TPSA) is 71.3 Å². The summed E-state index contributed by atoms with van der Waals surface area (Å²) < 4.78 is 18.1. The summed E-state index contributed by atoms with van der Waals surface area (Å²) in [5.74, 6) is 2.88. The molecule has 0 saturated heterocycles. The van der Waals surface area contributed by atoms with E-state index in [9.17, 15) is 0 Å². The number of aryl methyl sites for hydroxylation is 1.